The number of carboxylic acid groups (broad SMARTS) is 2. The molecule has 3 rings (SSSR count). The van der Waals surface area contributed by atoms with E-state index < -0.39 is 22.0 Å². The number of nitrogens with zero attached hydrogens (tertiary/aromatic N) is 2. The van der Waals surface area contributed by atoms with Crippen LogP contribution in [0.4, 0.5) is 5.69 Å². The number of aliphatic carboxylic acids is 2. The summed E-state index contributed by atoms with van der Waals surface area (Å²) < 4.78 is 28.6. The molecule has 0 aromatic heterocycles. The fraction of sp³-hybridized carbons (Fsp3) is 0.500. The molecule has 0 aliphatic carbocycles. The number of unbranched alkanes of at least 4 members (excludes halogenated alkanes) is 6. The molecule has 1 aliphatic rings. The monoisotopic (exact) mass is 564 g/mol. The van der Waals surface area contributed by atoms with Crippen LogP contribution in [0.1, 0.15) is 81.4 Å². The smallest absolute Gasteiger partial charge is 0.303 e. The van der Waals surface area contributed by atoms with Crippen LogP contribution < -0.4 is 4.31 Å². The molecule has 0 saturated carbocycles. The van der Waals surface area contributed by atoms with Gasteiger partial charge in [0.1, 0.15) is 0 Å². The quantitative estimate of drug-likeness (QED) is 0.257. The van der Waals surface area contributed by atoms with E-state index in [4.69, 9.17) is 21.8 Å². The first-order valence-corrected chi connectivity index (χ1v) is 15.0. The molecule has 8 nitrogen and oxygen atoms in total. The number of benzene rings is 2. The van der Waals surface area contributed by atoms with Gasteiger partial charge in [-0.25, -0.2) is 8.42 Å². The minimum Gasteiger partial charge on any atom is -0.481 e. The minimum absolute atomic E-state index is 0.161. The highest BCUT2D eigenvalue weighted by Gasteiger charge is 2.37. The first-order valence-electron chi connectivity index (χ1n) is 13.2. The van der Waals surface area contributed by atoms with Crippen LogP contribution in [0.5, 0.6) is 0 Å². The van der Waals surface area contributed by atoms with E-state index in [1.807, 2.05) is 30.3 Å². The van der Waals surface area contributed by atoms with Crippen molar-refractivity contribution in [2.45, 2.75) is 75.1 Å². The van der Waals surface area contributed by atoms with Gasteiger partial charge in [-0.15, -0.1) is 0 Å². The molecule has 0 amide bonds. The average Bonchev–Trinajstić information content (AvgIpc) is 2.94. The van der Waals surface area contributed by atoms with Crippen LogP contribution in [0.2, 0.25) is 5.02 Å². The number of para-hydroxylation sites is 1. The Balaban J connectivity index is 1.91. The number of carbonyl (C=O) groups is 2. The maximum absolute atomic E-state index is 13.6. The molecule has 2 aromatic carbocycles. The Labute approximate surface area is 230 Å². The Morgan fingerprint density at radius 3 is 1.97 bits per heavy atom. The summed E-state index contributed by atoms with van der Waals surface area (Å²) >= 11 is 6.27. The molecule has 1 aliphatic heterocycles. The summed E-state index contributed by atoms with van der Waals surface area (Å²) in [6, 6.07) is 12.3. The van der Waals surface area contributed by atoms with E-state index in [9.17, 15) is 18.0 Å². The molecule has 208 valence electrons. The molecular weight excluding hydrogens is 528 g/mol. The number of halogens is 1. The first kappa shape index (κ1) is 29.9. The fourth-order valence-corrected chi connectivity index (χ4v) is 6.77. The number of anilines is 1. The molecule has 2 aromatic rings. The third-order valence-electron chi connectivity index (χ3n) is 7.02. The summed E-state index contributed by atoms with van der Waals surface area (Å²) in [7, 11) is -2.26. The largest absolute Gasteiger partial charge is 0.481 e. The molecule has 0 unspecified atom stereocenters. The minimum atomic E-state index is -3.83. The number of sulfonamides is 1. The Hall–Kier alpha value is -2.62. The highest BCUT2D eigenvalue weighted by molar-refractivity contribution is 7.92. The average molecular weight is 565 g/mol. The van der Waals surface area contributed by atoms with E-state index in [1.165, 1.54) is 10.4 Å². The predicted molar refractivity (Wildman–Crippen MR) is 148 cm³/mol. The molecule has 0 saturated heterocycles. The van der Waals surface area contributed by atoms with Gasteiger partial charge in [0.05, 0.1) is 16.6 Å². The predicted octanol–water partition coefficient (Wildman–Crippen LogP) is 5.94. The third kappa shape index (κ3) is 7.71. The lowest BCUT2D eigenvalue weighted by atomic mass is 9.94. The molecular formula is C28H37ClN2O6S. The number of hydrogen-bond donors (Lipinski definition) is 2. The van der Waals surface area contributed by atoms with Crippen molar-refractivity contribution in [2.24, 2.45) is 0 Å². The Kier molecular flexibility index (Phi) is 11.0. The lowest BCUT2D eigenvalue weighted by Crippen LogP contribution is -2.32. The van der Waals surface area contributed by atoms with Crippen LogP contribution in [0, 0.1) is 0 Å². The van der Waals surface area contributed by atoms with Crippen LogP contribution in [-0.2, 0) is 19.6 Å². The number of fused-ring (bicyclic) bond motifs is 2. The second-order valence-corrected chi connectivity index (χ2v) is 12.1. The maximum atomic E-state index is 13.6. The molecule has 0 fully saturated rings. The molecule has 10 heteroatoms. The molecule has 0 radical (unpaired) electrons. The highest BCUT2D eigenvalue weighted by Crippen LogP contribution is 2.43. The van der Waals surface area contributed by atoms with Gasteiger partial charge in [0.15, 0.2) is 0 Å². The third-order valence-corrected chi connectivity index (χ3v) is 9.08. The van der Waals surface area contributed by atoms with Crippen LogP contribution >= 0.6 is 11.6 Å². The van der Waals surface area contributed by atoms with E-state index in [-0.39, 0.29) is 23.8 Å². The normalized spacial score (nSPS) is 16.1. The summed E-state index contributed by atoms with van der Waals surface area (Å²) in [5, 5.41) is 18.2. The van der Waals surface area contributed by atoms with Gasteiger partial charge in [0, 0.05) is 24.9 Å². The summed E-state index contributed by atoms with van der Waals surface area (Å²) in [5.41, 5.74) is 2.21. The molecule has 0 spiro atoms. The number of rotatable bonds is 15. The van der Waals surface area contributed by atoms with Crippen LogP contribution in [-0.4, -0.2) is 55.6 Å². The number of hydrogen-bond acceptors (Lipinski definition) is 5. The van der Waals surface area contributed by atoms with Crippen LogP contribution in [0.15, 0.2) is 47.4 Å². The van der Waals surface area contributed by atoms with Gasteiger partial charge in [0.2, 0.25) is 0 Å². The van der Waals surface area contributed by atoms with Crippen molar-refractivity contribution in [1.82, 2.24) is 4.90 Å². The lowest BCUT2D eigenvalue weighted by molar-refractivity contribution is -0.138. The van der Waals surface area contributed by atoms with Crippen molar-refractivity contribution in [3.63, 3.8) is 0 Å². The highest BCUT2D eigenvalue weighted by atomic mass is 35.5. The van der Waals surface area contributed by atoms with E-state index >= 15 is 0 Å². The van der Waals surface area contributed by atoms with Crippen molar-refractivity contribution in [1.29, 1.82) is 0 Å². The molecule has 1 atom stereocenters. The SMILES string of the molecule is CN1c2ccccc2[C@@H](N(CCCCCCC(=O)O)CCCCCCC(=O)O)c2ccc(Cl)cc2S1(=O)=O. The Morgan fingerprint density at radius 1 is 0.842 bits per heavy atom. The summed E-state index contributed by atoms with van der Waals surface area (Å²) in [6.45, 7) is 1.43. The van der Waals surface area contributed by atoms with Gasteiger partial charge >= 0.3 is 11.9 Å². The second-order valence-electron chi connectivity index (χ2n) is 9.77. The standard InChI is InChI=1S/C28H37ClN2O6S/c1-30-24-13-9-8-12-22(24)28(23-17-16-21(29)20-25(23)38(30,36)37)31(18-10-4-2-6-14-26(32)33)19-11-5-3-7-15-27(34)35/h8-9,12-13,16-17,20,28H,2-7,10-11,14-15,18-19H2,1H3,(H,32,33)(H,34,35)/t28-/m1/s1. The van der Waals surface area contributed by atoms with Crippen LogP contribution in [0.25, 0.3) is 0 Å². The van der Waals surface area contributed by atoms with Gasteiger partial charge in [-0.05, 0) is 68.1 Å². The summed E-state index contributed by atoms with van der Waals surface area (Å²) in [6.07, 6.45) is 6.68. The van der Waals surface area contributed by atoms with Crippen molar-refractivity contribution in [3.05, 3.63) is 58.6 Å². The fourth-order valence-electron chi connectivity index (χ4n) is 5.06. The molecule has 0 bridgehead atoms. The molecule has 1 heterocycles. The van der Waals surface area contributed by atoms with E-state index in [1.54, 1.807) is 13.1 Å². The van der Waals surface area contributed by atoms with Gasteiger partial charge in [-0.3, -0.25) is 18.8 Å². The number of carboxylic acids is 2. The van der Waals surface area contributed by atoms with Crippen LogP contribution in [0.3, 0.4) is 0 Å². The van der Waals surface area contributed by atoms with Gasteiger partial charge in [0.25, 0.3) is 10.0 Å². The molecule has 38 heavy (non-hydrogen) atoms. The van der Waals surface area contributed by atoms with Gasteiger partial charge < -0.3 is 10.2 Å². The summed E-state index contributed by atoms with van der Waals surface area (Å²) in [4.78, 5) is 24.2. The van der Waals surface area contributed by atoms with Crippen molar-refractivity contribution in [2.75, 3.05) is 24.4 Å². The van der Waals surface area contributed by atoms with Crippen molar-refractivity contribution >= 4 is 39.3 Å². The van der Waals surface area contributed by atoms with Gasteiger partial charge in [-0.1, -0.05) is 61.5 Å². The van der Waals surface area contributed by atoms with E-state index in [0.29, 0.717) is 42.2 Å². The topological polar surface area (TPSA) is 115 Å². The van der Waals surface area contributed by atoms with Crippen molar-refractivity contribution < 1.29 is 28.2 Å². The Morgan fingerprint density at radius 2 is 1.39 bits per heavy atom. The molecule has 2 N–H and O–H groups in total. The van der Waals surface area contributed by atoms with Gasteiger partial charge in [-0.2, -0.15) is 0 Å². The first-order chi connectivity index (χ1) is 18.1. The Bertz CT molecular complexity index is 1190. The zero-order valence-electron chi connectivity index (χ0n) is 21.8. The van der Waals surface area contributed by atoms with E-state index in [2.05, 4.69) is 4.90 Å². The summed E-state index contributed by atoms with van der Waals surface area (Å²) in [5.74, 6) is -1.57. The second kappa shape index (κ2) is 14.0. The zero-order valence-corrected chi connectivity index (χ0v) is 23.4. The maximum Gasteiger partial charge on any atom is 0.303 e. The zero-order chi connectivity index (χ0) is 27.7. The lowest BCUT2D eigenvalue weighted by Gasteiger charge is -2.33. The van der Waals surface area contributed by atoms with E-state index in [0.717, 1.165) is 44.1 Å². The van der Waals surface area contributed by atoms with Crippen molar-refractivity contribution in [3.8, 4) is 0 Å².